The molecule has 1 amide bonds. The van der Waals surface area contributed by atoms with Crippen LogP contribution in [0.1, 0.15) is 23.8 Å². The molecular weight excluding hydrogens is 336 g/mol. The van der Waals surface area contributed by atoms with Crippen LogP contribution in [0.5, 0.6) is 0 Å². The highest BCUT2D eigenvalue weighted by molar-refractivity contribution is 7.91. The number of rotatable bonds is 3. The molecule has 1 aliphatic heterocycles. The van der Waals surface area contributed by atoms with E-state index >= 15 is 0 Å². The highest BCUT2D eigenvalue weighted by Gasteiger charge is 2.35. The Morgan fingerprint density at radius 3 is 2.78 bits per heavy atom. The van der Waals surface area contributed by atoms with Crippen molar-refractivity contribution in [3.8, 4) is 0 Å². The number of hydrogen-bond acceptors (Lipinski definition) is 4. The number of carbonyl (C=O) groups excluding carboxylic acids is 1. The first-order valence-corrected chi connectivity index (χ1v) is 9.68. The van der Waals surface area contributed by atoms with Gasteiger partial charge in [0.05, 0.1) is 22.0 Å². The second-order valence-electron chi connectivity index (χ2n) is 5.66. The van der Waals surface area contributed by atoms with Crippen molar-refractivity contribution in [2.75, 3.05) is 18.1 Å². The summed E-state index contributed by atoms with van der Waals surface area (Å²) in [5, 5.41) is 1.15. The number of nitrogens with zero attached hydrogens (tertiary/aromatic N) is 2. The highest BCUT2D eigenvalue weighted by Crippen LogP contribution is 2.25. The molecule has 0 bridgehead atoms. The molecule has 5 nitrogen and oxygen atoms in total. The molecule has 1 aromatic heterocycles. The van der Waals surface area contributed by atoms with Crippen LogP contribution in [0.2, 0.25) is 5.02 Å². The lowest BCUT2D eigenvalue weighted by atomic mass is 10.1. The first-order chi connectivity index (χ1) is 10.9. The van der Waals surface area contributed by atoms with Crippen LogP contribution in [-0.4, -0.2) is 48.3 Å². The molecular formula is C16H17ClN2O3S. The predicted octanol–water partition coefficient (Wildman–Crippen LogP) is 2.54. The van der Waals surface area contributed by atoms with Gasteiger partial charge in [0.1, 0.15) is 5.69 Å². The molecule has 1 unspecified atom stereocenters. The van der Waals surface area contributed by atoms with Gasteiger partial charge in [0.25, 0.3) is 5.91 Å². The van der Waals surface area contributed by atoms with Gasteiger partial charge in [0.2, 0.25) is 0 Å². The molecule has 0 radical (unpaired) electrons. The molecule has 0 spiro atoms. The summed E-state index contributed by atoms with van der Waals surface area (Å²) in [6.45, 7) is 2.25. The zero-order valence-corrected chi connectivity index (χ0v) is 14.3. The Bertz CT molecular complexity index is 867. The van der Waals surface area contributed by atoms with E-state index in [9.17, 15) is 13.2 Å². The lowest BCUT2D eigenvalue weighted by Gasteiger charge is -2.26. The number of halogens is 1. The van der Waals surface area contributed by atoms with Crippen LogP contribution in [0.15, 0.2) is 30.3 Å². The standard InChI is InChI=1S/C16H17ClN2O3S/c1-2-19(12-7-8-23(21,22)10-12)16(20)15-13(17)9-11-5-3-4-6-14(11)18-15/h3-6,9,12H,2,7-8,10H2,1H3. The van der Waals surface area contributed by atoms with Crippen LogP contribution in [-0.2, 0) is 9.84 Å². The van der Waals surface area contributed by atoms with E-state index in [-0.39, 0.29) is 34.2 Å². The van der Waals surface area contributed by atoms with Gasteiger partial charge in [-0.25, -0.2) is 13.4 Å². The number of hydrogen-bond donors (Lipinski definition) is 0. The minimum absolute atomic E-state index is 0.0117. The maximum Gasteiger partial charge on any atom is 0.274 e. The molecule has 3 rings (SSSR count). The number of carbonyl (C=O) groups is 1. The molecule has 0 N–H and O–H groups in total. The van der Waals surface area contributed by atoms with Gasteiger partial charge in [-0.3, -0.25) is 4.79 Å². The van der Waals surface area contributed by atoms with Crippen molar-refractivity contribution in [2.45, 2.75) is 19.4 Å². The van der Waals surface area contributed by atoms with Crippen molar-refractivity contribution < 1.29 is 13.2 Å². The fourth-order valence-electron chi connectivity index (χ4n) is 2.96. The number of sulfone groups is 1. The lowest BCUT2D eigenvalue weighted by molar-refractivity contribution is 0.0703. The van der Waals surface area contributed by atoms with E-state index in [1.54, 1.807) is 11.0 Å². The Morgan fingerprint density at radius 1 is 1.39 bits per heavy atom. The number of benzene rings is 1. The summed E-state index contributed by atoms with van der Waals surface area (Å²) in [6, 6.07) is 8.84. The van der Waals surface area contributed by atoms with Crippen LogP contribution in [0.25, 0.3) is 10.9 Å². The summed E-state index contributed by atoms with van der Waals surface area (Å²) in [4.78, 5) is 18.8. The number of aromatic nitrogens is 1. The Labute approximate surface area is 140 Å². The fraction of sp³-hybridized carbons (Fsp3) is 0.375. The maximum absolute atomic E-state index is 12.8. The van der Waals surface area contributed by atoms with E-state index in [1.807, 2.05) is 31.2 Å². The monoisotopic (exact) mass is 352 g/mol. The molecule has 0 aliphatic carbocycles. The molecule has 1 aromatic carbocycles. The van der Waals surface area contributed by atoms with Crippen LogP contribution < -0.4 is 0 Å². The van der Waals surface area contributed by atoms with Crippen LogP contribution in [0.3, 0.4) is 0 Å². The predicted molar refractivity (Wildman–Crippen MR) is 90.5 cm³/mol. The SMILES string of the molecule is CCN(C(=O)c1nc2ccccc2cc1Cl)C1CCS(=O)(=O)C1. The molecule has 1 fully saturated rings. The minimum atomic E-state index is -3.06. The number of fused-ring (bicyclic) bond motifs is 1. The van der Waals surface area contributed by atoms with Gasteiger partial charge in [-0.2, -0.15) is 0 Å². The molecule has 7 heteroatoms. The molecule has 23 heavy (non-hydrogen) atoms. The zero-order valence-electron chi connectivity index (χ0n) is 12.7. The van der Waals surface area contributed by atoms with Crippen molar-refractivity contribution in [3.63, 3.8) is 0 Å². The first kappa shape index (κ1) is 16.2. The van der Waals surface area contributed by atoms with E-state index in [0.717, 1.165) is 5.39 Å². The molecule has 1 saturated heterocycles. The van der Waals surface area contributed by atoms with Gasteiger partial charge >= 0.3 is 0 Å². The van der Waals surface area contributed by atoms with Crippen molar-refractivity contribution in [3.05, 3.63) is 41.0 Å². The third kappa shape index (κ3) is 3.19. The number of amides is 1. The average Bonchev–Trinajstić information content (AvgIpc) is 2.87. The third-order valence-corrected chi connectivity index (χ3v) is 6.17. The number of para-hydroxylation sites is 1. The van der Waals surface area contributed by atoms with Crippen LogP contribution in [0, 0.1) is 0 Å². The Kier molecular flexibility index (Phi) is 4.29. The minimum Gasteiger partial charge on any atom is -0.334 e. The van der Waals surface area contributed by atoms with Crippen LogP contribution >= 0.6 is 11.6 Å². The lowest BCUT2D eigenvalue weighted by Crippen LogP contribution is -2.41. The highest BCUT2D eigenvalue weighted by atomic mass is 35.5. The smallest absolute Gasteiger partial charge is 0.274 e. The first-order valence-electron chi connectivity index (χ1n) is 7.48. The van der Waals surface area contributed by atoms with Gasteiger partial charge in [-0.1, -0.05) is 29.8 Å². The zero-order chi connectivity index (χ0) is 16.6. The summed E-state index contributed by atoms with van der Waals surface area (Å²) >= 11 is 6.23. The van der Waals surface area contributed by atoms with E-state index in [4.69, 9.17) is 11.6 Å². The van der Waals surface area contributed by atoms with Crippen molar-refractivity contribution >= 4 is 38.2 Å². The quantitative estimate of drug-likeness (QED) is 0.851. The van der Waals surface area contributed by atoms with Crippen molar-refractivity contribution in [1.82, 2.24) is 9.88 Å². The molecule has 1 aliphatic rings. The van der Waals surface area contributed by atoms with E-state index < -0.39 is 9.84 Å². The summed E-state index contributed by atoms with van der Waals surface area (Å²) in [6.07, 6.45) is 0.465. The summed E-state index contributed by atoms with van der Waals surface area (Å²) in [7, 11) is -3.06. The van der Waals surface area contributed by atoms with Crippen LogP contribution in [0.4, 0.5) is 0 Å². The van der Waals surface area contributed by atoms with Crippen molar-refractivity contribution in [2.24, 2.45) is 0 Å². The molecule has 2 heterocycles. The average molecular weight is 353 g/mol. The topological polar surface area (TPSA) is 67.3 Å². The summed E-state index contributed by atoms with van der Waals surface area (Å²) in [5.74, 6) is -0.177. The van der Waals surface area contributed by atoms with Gasteiger partial charge in [0.15, 0.2) is 9.84 Å². The van der Waals surface area contributed by atoms with E-state index in [2.05, 4.69) is 4.98 Å². The summed E-state index contributed by atoms with van der Waals surface area (Å²) < 4.78 is 23.4. The second-order valence-corrected chi connectivity index (χ2v) is 8.30. The molecule has 2 aromatic rings. The van der Waals surface area contributed by atoms with Gasteiger partial charge < -0.3 is 4.90 Å². The molecule has 0 saturated carbocycles. The third-order valence-electron chi connectivity index (χ3n) is 4.13. The van der Waals surface area contributed by atoms with Crippen molar-refractivity contribution in [1.29, 1.82) is 0 Å². The Morgan fingerprint density at radius 2 is 2.13 bits per heavy atom. The van der Waals surface area contributed by atoms with Gasteiger partial charge in [-0.05, 0) is 25.5 Å². The summed E-state index contributed by atoms with van der Waals surface area (Å²) in [5.41, 5.74) is 0.867. The Balaban J connectivity index is 1.96. The van der Waals surface area contributed by atoms with E-state index in [1.165, 1.54) is 0 Å². The number of pyridine rings is 1. The van der Waals surface area contributed by atoms with Gasteiger partial charge in [-0.15, -0.1) is 0 Å². The largest absolute Gasteiger partial charge is 0.334 e. The van der Waals surface area contributed by atoms with E-state index in [0.29, 0.717) is 18.5 Å². The maximum atomic E-state index is 12.8. The second kappa shape index (κ2) is 6.09. The molecule has 122 valence electrons. The normalized spacial score (nSPS) is 19.8. The molecule has 1 atom stereocenters. The Hall–Kier alpha value is -1.66. The fourth-order valence-corrected chi connectivity index (χ4v) is 4.94. The van der Waals surface area contributed by atoms with Gasteiger partial charge in [0, 0.05) is 18.0 Å².